The third-order valence-corrected chi connectivity index (χ3v) is 9.79. The fourth-order valence-corrected chi connectivity index (χ4v) is 6.88. The number of benzene rings is 2. The van der Waals surface area contributed by atoms with E-state index in [-0.39, 0.29) is 11.2 Å². The number of hydrogen-bond acceptors (Lipinski definition) is 5. The number of aromatic nitrogens is 2. The molecular weight excluding hydrogens is 610 g/mol. The molecule has 2 atom stereocenters. The van der Waals surface area contributed by atoms with Crippen molar-refractivity contribution >= 4 is 46.4 Å². The van der Waals surface area contributed by atoms with Crippen LogP contribution in [0.1, 0.15) is 65.6 Å². The van der Waals surface area contributed by atoms with Gasteiger partial charge in [0.1, 0.15) is 15.9 Å². The first-order chi connectivity index (χ1) is 20.2. The number of hydrogen-bond donors (Lipinski definition) is 1. The van der Waals surface area contributed by atoms with Crippen molar-refractivity contribution in [3.63, 3.8) is 0 Å². The summed E-state index contributed by atoms with van der Waals surface area (Å²) in [7, 11) is 4.22. The van der Waals surface area contributed by atoms with Crippen molar-refractivity contribution in [2.75, 3.05) is 27.2 Å². The molecule has 220 valence electrons. The van der Waals surface area contributed by atoms with Crippen LogP contribution in [0.3, 0.4) is 0 Å². The maximum absolute atomic E-state index is 12.3. The third-order valence-electron chi connectivity index (χ3n) is 8.35. The van der Waals surface area contributed by atoms with Crippen molar-refractivity contribution in [3.8, 4) is 0 Å². The zero-order chi connectivity index (χ0) is 29.9. The Kier molecular flexibility index (Phi) is 10.1. The van der Waals surface area contributed by atoms with Gasteiger partial charge in [0, 0.05) is 30.0 Å². The van der Waals surface area contributed by atoms with E-state index in [1.807, 2.05) is 72.9 Å². The van der Waals surface area contributed by atoms with Crippen molar-refractivity contribution in [1.82, 2.24) is 19.8 Å². The minimum absolute atomic E-state index is 0.135. The largest absolute Gasteiger partial charge is 0.376 e. The highest BCUT2D eigenvalue weighted by atomic mass is 35.5. The average molecular weight is 644 g/mol. The first kappa shape index (κ1) is 31.2. The highest BCUT2D eigenvalue weighted by Gasteiger charge is 2.41. The topological polar surface area (TPSA) is 52.5 Å². The van der Waals surface area contributed by atoms with Crippen LogP contribution in [0.2, 0.25) is 20.4 Å². The molecule has 0 aliphatic carbocycles. The van der Waals surface area contributed by atoms with Gasteiger partial charge >= 0.3 is 0 Å². The van der Waals surface area contributed by atoms with Crippen LogP contribution in [0, 0.1) is 0 Å². The second kappa shape index (κ2) is 13.6. The summed E-state index contributed by atoms with van der Waals surface area (Å²) >= 11 is 24.8. The van der Waals surface area contributed by atoms with E-state index in [0.29, 0.717) is 26.8 Å². The van der Waals surface area contributed by atoms with Crippen molar-refractivity contribution in [2.24, 2.45) is 0 Å². The van der Waals surface area contributed by atoms with Gasteiger partial charge in [-0.15, -0.1) is 0 Å². The number of rotatable bonds is 5. The Morgan fingerprint density at radius 1 is 0.738 bits per heavy atom. The van der Waals surface area contributed by atoms with Gasteiger partial charge in [0.05, 0.1) is 10.0 Å². The number of halogens is 4. The Bertz CT molecular complexity index is 1470. The Morgan fingerprint density at radius 3 is 1.76 bits per heavy atom. The standard InChI is InChI=1S/C23H22Cl2N2O.C10H12Cl2N2/c1-27-14-8-13-19(27)18-15-26-22(25)21(24)20(18)23(28,16-9-4-2-5-10-16)17-11-6-3-7-12-17;1-14-4-2-3-9(14)7-5-8(11)10(12)13-6-7/h2-7,9-12,15,19,28H,8,13-14H2,1H3;5-6,9H,2-4H2,1H3/t19-;9-/m00/s1. The number of aliphatic hydroxyl groups is 1. The number of nitrogens with zero attached hydrogens (tertiary/aromatic N) is 4. The molecule has 5 nitrogen and oxygen atoms in total. The van der Waals surface area contributed by atoms with Crippen molar-refractivity contribution in [3.05, 3.63) is 127 Å². The molecule has 2 aliphatic heterocycles. The molecule has 2 aliphatic rings. The van der Waals surface area contributed by atoms with Crippen LogP contribution in [0.5, 0.6) is 0 Å². The number of likely N-dealkylation sites (tertiary alicyclic amines) is 2. The molecule has 6 rings (SSSR count). The van der Waals surface area contributed by atoms with Gasteiger partial charge in [0.25, 0.3) is 0 Å². The lowest BCUT2D eigenvalue weighted by molar-refractivity contribution is 0.122. The lowest BCUT2D eigenvalue weighted by Gasteiger charge is -2.35. The molecular formula is C33H34Cl4N4O. The van der Waals surface area contributed by atoms with E-state index in [4.69, 9.17) is 46.4 Å². The van der Waals surface area contributed by atoms with Crippen LogP contribution < -0.4 is 0 Å². The SMILES string of the molecule is CN1CCC[C@H]1c1cnc(Cl)c(Cl)c1.CN1CCC[C@H]1c1cnc(Cl)c(Cl)c1C(O)(c1ccccc1)c1ccccc1. The van der Waals surface area contributed by atoms with Gasteiger partial charge < -0.3 is 5.11 Å². The van der Waals surface area contributed by atoms with Crippen LogP contribution in [0.15, 0.2) is 79.1 Å². The summed E-state index contributed by atoms with van der Waals surface area (Å²) in [6, 6.07) is 21.7. The molecule has 0 spiro atoms. The van der Waals surface area contributed by atoms with Crippen LogP contribution in [-0.4, -0.2) is 52.1 Å². The van der Waals surface area contributed by atoms with Crippen LogP contribution >= 0.6 is 46.4 Å². The van der Waals surface area contributed by atoms with E-state index in [9.17, 15) is 5.11 Å². The predicted molar refractivity (Wildman–Crippen MR) is 173 cm³/mol. The summed E-state index contributed by atoms with van der Waals surface area (Å²) in [5.74, 6) is 0. The normalized spacial score (nSPS) is 19.5. The summed E-state index contributed by atoms with van der Waals surface area (Å²) in [5, 5.41) is 13.7. The molecule has 2 aromatic heterocycles. The van der Waals surface area contributed by atoms with Crippen molar-refractivity contribution < 1.29 is 5.11 Å². The third kappa shape index (κ3) is 6.34. The van der Waals surface area contributed by atoms with Gasteiger partial charge in [0.15, 0.2) is 0 Å². The van der Waals surface area contributed by atoms with E-state index in [0.717, 1.165) is 42.6 Å². The van der Waals surface area contributed by atoms with E-state index in [1.165, 1.54) is 18.4 Å². The Labute approximate surface area is 268 Å². The monoisotopic (exact) mass is 642 g/mol. The molecule has 4 aromatic rings. The molecule has 2 saturated heterocycles. The second-order valence-corrected chi connectivity index (χ2v) is 12.5. The van der Waals surface area contributed by atoms with E-state index in [1.54, 1.807) is 6.20 Å². The van der Waals surface area contributed by atoms with Crippen LogP contribution in [0.4, 0.5) is 0 Å². The van der Waals surface area contributed by atoms with Crippen molar-refractivity contribution in [1.29, 1.82) is 0 Å². The first-order valence-electron chi connectivity index (χ1n) is 14.1. The van der Waals surface area contributed by atoms with Gasteiger partial charge in [-0.3, -0.25) is 9.80 Å². The molecule has 0 radical (unpaired) electrons. The molecule has 9 heteroatoms. The summed E-state index contributed by atoms with van der Waals surface area (Å²) < 4.78 is 0. The van der Waals surface area contributed by atoms with E-state index < -0.39 is 5.60 Å². The average Bonchev–Trinajstić information content (AvgIpc) is 3.64. The molecule has 0 bridgehead atoms. The summed E-state index contributed by atoms with van der Waals surface area (Å²) in [5.41, 5.74) is 2.75. The highest BCUT2D eigenvalue weighted by molar-refractivity contribution is 6.42. The molecule has 2 fully saturated rings. The zero-order valence-electron chi connectivity index (χ0n) is 23.7. The highest BCUT2D eigenvalue weighted by Crippen LogP contribution is 2.47. The molecule has 4 heterocycles. The maximum Gasteiger partial charge on any atom is 0.148 e. The molecule has 0 amide bonds. The smallest absolute Gasteiger partial charge is 0.148 e. The molecule has 2 aromatic carbocycles. The lowest BCUT2D eigenvalue weighted by atomic mass is 9.77. The second-order valence-electron chi connectivity index (χ2n) is 11.0. The van der Waals surface area contributed by atoms with Gasteiger partial charge in [-0.25, -0.2) is 9.97 Å². The minimum Gasteiger partial charge on any atom is -0.376 e. The quantitative estimate of drug-likeness (QED) is 0.221. The van der Waals surface area contributed by atoms with Gasteiger partial charge in [-0.1, -0.05) is 107 Å². The van der Waals surface area contributed by atoms with Crippen LogP contribution in [-0.2, 0) is 5.60 Å². The molecule has 42 heavy (non-hydrogen) atoms. The van der Waals surface area contributed by atoms with Gasteiger partial charge in [-0.2, -0.15) is 0 Å². The summed E-state index contributed by atoms with van der Waals surface area (Å²) in [6.07, 6.45) is 8.09. The summed E-state index contributed by atoms with van der Waals surface area (Å²) in [6.45, 7) is 2.14. The Balaban J connectivity index is 0.000000211. The molecule has 0 saturated carbocycles. The Morgan fingerprint density at radius 2 is 1.26 bits per heavy atom. The van der Waals surface area contributed by atoms with E-state index >= 15 is 0 Å². The fraction of sp³-hybridized carbons (Fsp3) is 0.333. The van der Waals surface area contributed by atoms with E-state index in [2.05, 4.69) is 33.9 Å². The van der Waals surface area contributed by atoms with Gasteiger partial charge in [-0.05, 0) is 81.2 Å². The number of pyridine rings is 2. The minimum atomic E-state index is -1.44. The van der Waals surface area contributed by atoms with Crippen molar-refractivity contribution in [2.45, 2.75) is 43.4 Å². The lowest BCUT2D eigenvalue weighted by Crippen LogP contribution is -2.32. The fourth-order valence-electron chi connectivity index (χ4n) is 6.16. The van der Waals surface area contributed by atoms with Gasteiger partial charge in [0.2, 0.25) is 0 Å². The predicted octanol–water partition coefficient (Wildman–Crippen LogP) is 8.59. The maximum atomic E-state index is 12.3. The first-order valence-corrected chi connectivity index (χ1v) is 15.6. The summed E-state index contributed by atoms with van der Waals surface area (Å²) in [4.78, 5) is 13.0. The zero-order valence-corrected chi connectivity index (χ0v) is 26.7. The Hall–Kier alpha value is -2.22. The molecule has 0 unspecified atom stereocenters. The molecule has 1 N–H and O–H groups in total. The van der Waals surface area contributed by atoms with Crippen LogP contribution in [0.25, 0.3) is 0 Å².